The predicted octanol–water partition coefficient (Wildman–Crippen LogP) is 2.13. The highest BCUT2D eigenvalue weighted by Gasteiger charge is 2.14. The summed E-state index contributed by atoms with van der Waals surface area (Å²) < 4.78 is 4.82. The van der Waals surface area contributed by atoms with Gasteiger partial charge in [-0.2, -0.15) is 0 Å². The van der Waals surface area contributed by atoms with E-state index in [2.05, 4.69) is 40.3 Å². The first-order chi connectivity index (χ1) is 7.00. The Labute approximate surface area is 97.5 Å². The third-order valence-corrected chi connectivity index (χ3v) is 3.42. The van der Waals surface area contributed by atoms with Crippen LogP contribution in [0.5, 0.6) is 0 Å². The molecule has 1 heterocycles. The molecule has 1 unspecified atom stereocenters. The lowest BCUT2D eigenvalue weighted by Crippen LogP contribution is -2.31. The van der Waals surface area contributed by atoms with E-state index < -0.39 is 0 Å². The summed E-state index contributed by atoms with van der Waals surface area (Å²) in [5, 5.41) is 6.42. The van der Waals surface area contributed by atoms with Crippen LogP contribution in [0.3, 0.4) is 0 Å². The summed E-state index contributed by atoms with van der Waals surface area (Å²) in [6.07, 6.45) is 0. The fourth-order valence-electron chi connectivity index (χ4n) is 0.990. The van der Waals surface area contributed by atoms with Crippen molar-refractivity contribution in [2.24, 2.45) is 5.92 Å². The molecule has 0 spiro atoms. The number of amides is 1. The number of aryl methyl sites for hydroxylation is 1. The highest BCUT2D eigenvalue weighted by atomic mass is 79.9. The number of hydrogen-bond donors (Lipinski definition) is 1. The molecular weight excluding hydrogens is 260 g/mol. The Morgan fingerprint density at radius 1 is 1.67 bits per heavy atom. The third kappa shape index (κ3) is 3.66. The lowest BCUT2D eigenvalue weighted by atomic mass is 10.1. The summed E-state index contributed by atoms with van der Waals surface area (Å²) in [7, 11) is 0. The molecule has 15 heavy (non-hydrogen) atoms. The molecule has 1 rings (SSSR count). The van der Waals surface area contributed by atoms with E-state index in [1.54, 1.807) is 13.0 Å². The van der Waals surface area contributed by atoms with Crippen LogP contribution in [0.4, 0.5) is 0 Å². The second-order valence-electron chi connectivity index (χ2n) is 3.79. The van der Waals surface area contributed by atoms with Crippen LogP contribution in [0, 0.1) is 12.8 Å². The van der Waals surface area contributed by atoms with Crippen molar-refractivity contribution < 1.29 is 9.32 Å². The van der Waals surface area contributed by atoms with Crippen LogP contribution in [-0.2, 0) is 0 Å². The molecule has 1 N–H and O–H groups in total. The molecule has 1 aromatic rings. The summed E-state index contributed by atoms with van der Waals surface area (Å²) in [5.74, 6) is 0.917. The van der Waals surface area contributed by atoms with Gasteiger partial charge in [-0.05, 0) is 12.8 Å². The van der Waals surface area contributed by atoms with Crippen molar-refractivity contribution in [3.8, 4) is 0 Å². The Morgan fingerprint density at radius 3 is 2.80 bits per heavy atom. The van der Waals surface area contributed by atoms with Gasteiger partial charge in [0.1, 0.15) is 5.76 Å². The van der Waals surface area contributed by atoms with Crippen LogP contribution in [0.1, 0.15) is 30.1 Å². The molecule has 1 atom stereocenters. The number of nitrogens with one attached hydrogen (secondary N) is 1. The van der Waals surface area contributed by atoms with E-state index in [-0.39, 0.29) is 10.7 Å². The average Bonchev–Trinajstić information content (AvgIpc) is 2.60. The van der Waals surface area contributed by atoms with Gasteiger partial charge in [-0.1, -0.05) is 34.9 Å². The van der Waals surface area contributed by atoms with Gasteiger partial charge in [0.15, 0.2) is 5.69 Å². The Bertz CT molecular complexity index is 336. The second kappa shape index (κ2) is 5.30. The molecule has 0 aromatic carbocycles. The van der Waals surface area contributed by atoms with Gasteiger partial charge in [0, 0.05) is 17.4 Å². The smallest absolute Gasteiger partial charge is 0.273 e. The molecule has 4 nitrogen and oxygen atoms in total. The highest BCUT2D eigenvalue weighted by Crippen LogP contribution is 2.10. The average molecular weight is 275 g/mol. The number of halogens is 1. The SMILES string of the molecule is Cc1cc(C(=O)NCC(Br)C(C)C)no1. The first kappa shape index (κ1) is 12.2. The molecule has 0 aliphatic heterocycles. The van der Waals surface area contributed by atoms with Crippen molar-refractivity contribution in [3.05, 3.63) is 17.5 Å². The number of alkyl halides is 1. The van der Waals surface area contributed by atoms with Crippen LogP contribution in [0.25, 0.3) is 0 Å². The molecule has 0 saturated carbocycles. The number of aromatic nitrogens is 1. The lowest BCUT2D eigenvalue weighted by molar-refractivity contribution is 0.0944. The number of hydrogen-bond acceptors (Lipinski definition) is 3. The lowest BCUT2D eigenvalue weighted by Gasteiger charge is -2.13. The van der Waals surface area contributed by atoms with Gasteiger partial charge in [-0.25, -0.2) is 0 Å². The fraction of sp³-hybridized carbons (Fsp3) is 0.600. The van der Waals surface area contributed by atoms with E-state index in [0.29, 0.717) is 23.9 Å². The zero-order valence-electron chi connectivity index (χ0n) is 9.08. The van der Waals surface area contributed by atoms with Crippen molar-refractivity contribution >= 4 is 21.8 Å². The van der Waals surface area contributed by atoms with Gasteiger partial charge in [-0.15, -0.1) is 0 Å². The van der Waals surface area contributed by atoms with Crippen LogP contribution in [-0.4, -0.2) is 22.4 Å². The maximum Gasteiger partial charge on any atom is 0.273 e. The van der Waals surface area contributed by atoms with Crippen LogP contribution >= 0.6 is 15.9 Å². The Balaban J connectivity index is 2.43. The van der Waals surface area contributed by atoms with E-state index in [9.17, 15) is 4.79 Å². The maximum atomic E-state index is 11.5. The van der Waals surface area contributed by atoms with Crippen molar-refractivity contribution in [2.45, 2.75) is 25.6 Å². The highest BCUT2D eigenvalue weighted by molar-refractivity contribution is 9.09. The number of nitrogens with zero attached hydrogens (tertiary/aromatic N) is 1. The van der Waals surface area contributed by atoms with E-state index in [0.717, 1.165) is 0 Å². The minimum absolute atomic E-state index is 0.197. The van der Waals surface area contributed by atoms with Crippen molar-refractivity contribution in [1.82, 2.24) is 10.5 Å². The van der Waals surface area contributed by atoms with Crippen molar-refractivity contribution in [1.29, 1.82) is 0 Å². The number of carbonyl (C=O) groups is 1. The maximum absolute atomic E-state index is 11.5. The summed E-state index contributed by atoms with van der Waals surface area (Å²) in [6.45, 7) is 6.52. The molecule has 0 fully saturated rings. The topological polar surface area (TPSA) is 55.1 Å². The number of carbonyl (C=O) groups excluding carboxylic acids is 1. The molecule has 0 aliphatic rings. The van der Waals surface area contributed by atoms with Crippen molar-refractivity contribution in [3.63, 3.8) is 0 Å². The normalized spacial score (nSPS) is 12.9. The molecular formula is C10H15BrN2O2. The van der Waals surface area contributed by atoms with Gasteiger partial charge < -0.3 is 9.84 Å². The van der Waals surface area contributed by atoms with Gasteiger partial charge in [0.2, 0.25) is 0 Å². The molecule has 0 saturated heterocycles. The van der Waals surface area contributed by atoms with Crippen LogP contribution in [0.15, 0.2) is 10.6 Å². The molecule has 84 valence electrons. The molecule has 1 aromatic heterocycles. The Hall–Kier alpha value is -0.840. The van der Waals surface area contributed by atoms with Crippen LogP contribution < -0.4 is 5.32 Å². The molecule has 0 bridgehead atoms. The standard InChI is InChI=1S/C10H15BrN2O2/c1-6(2)8(11)5-12-10(14)9-4-7(3)15-13-9/h4,6,8H,5H2,1-3H3,(H,12,14). The van der Waals surface area contributed by atoms with Gasteiger partial charge >= 0.3 is 0 Å². The minimum atomic E-state index is -0.197. The Morgan fingerprint density at radius 2 is 2.33 bits per heavy atom. The first-order valence-corrected chi connectivity index (χ1v) is 5.78. The van der Waals surface area contributed by atoms with Crippen molar-refractivity contribution in [2.75, 3.05) is 6.54 Å². The van der Waals surface area contributed by atoms with Gasteiger partial charge in [0.05, 0.1) is 0 Å². The third-order valence-electron chi connectivity index (χ3n) is 2.04. The van der Waals surface area contributed by atoms with E-state index in [1.807, 2.05) is 0 Å². The van der Waals surface area contributed by atoms with E-state index in [1.165, 1.54) is 0 Å². The van der Waals surface area contributed by atoms with Gasteiger partial charge in [-0.3, -0.25) is 4.79 Å². The largest absolute Gasteiger partial charge is 0.361 e. The first-order valence-electron chi connectivity index (χ1n) is 4.86. The minimum Gasteiger partial charge on any atom is -0.361 e. The molecule has 0 aliphatic carbocycles. The second-order valence-corrected chi connectivity index (χ2v) is 4.97. The Kier molecular flexibility index (Phi) is 4.32. The summed E-state index contributed by atoms with van der Waals surface area (Å²) in [4.78, 5) is 11.8. The number of rotatable bonds is 4. The predicted molar refractivity (Wildman–Crippen MR) is 61.1 cm³/mol. The van der Waals surface area contributed by atoms with E-state index in [4.69, 9.17) is 4.52 Å². The zero-order chi connectivity index (χ0) is 11.4. The fourth-order valence-corrected chi connectivity index (χ4v) is 1.15. The van der Waals surface area contributed by atoms with E-state index >= 15 is 0 Å². The zero-order valence-corrected chi connectivity index (χ0v) is 10.7. The summed E-state index contributed by atoms with van der Waals surface area (Å²) in [5.41, 5.74) is 0.330. The monoisotopic (exact) mass is 274 g/mol. The van der Waals surface area contributed by atoms with Crippen LogP contribution in [0.2, 0.25) is 0 Å². The summed E-state index contributed by atoms with van der Waals surface area (Å²) in [6, 6.07) is 1.62. The quantitative estimate of drug-likeness (QED) is 0.856. The molecule has 0 radical (unpaired) electrons. The molecule has 1 amide bonds. The summed E-state index contributed by atoms with van der Waals surface area (Å²) >= 11 is 3.49. The van der Waals surface area contributed by atoms with Gasteiger partial charge in [0.25, 0.3) is 5.91 Å². The molecule has 5 heteroatoms.